The van der Waals surface area contributed by atoms with Crippen LogP contribution in [0.15, 0.2) is 59.6 Å². The van der Waals surface area contributed by atoms with Gasteiger partial charge in [0, 0.05) is 68.6 Å². The second-order valence-electron chi connectivity index (χ2n) is 10.7. The number of aliphatic hydroxyl groups is 1. The lowest BCUT2D eigenvalue weighted by Crippen LogP contribution is -2.57. The molecule has 2 fully saturated rings. The monoisotopic (exact) mass is 525 g/mol. The molecule has 38 heavy (non-hydrogen) atoms. The number of carbonyl (C=O) groups is 4. The molecule has 1 saturated carbocycles. The number of carbonyl (C=O) groups excluding carboxylic acids is 4. The van der Waals surface area contributed by atoms with Crippen LogP contribution in [0.3, 0.4) is 0 Å². The maximum atomic E-state index is 14.0. The molecule has 0 aromatic rings. The van der Waals surface area contributed by atoms with Crippen molar-refractivity contribution in [2.75, 3.05) is 26.8 Å². The van der Waals surface area contributed by atoms with E-state index in [4.69, 9.17) is 14.2 Å². The minimum atomic E-state index is -1.27. The van der Waals surface area contributed by atoms with Gasteiger partial charge < -0.3 is 24.2 Å². The minimum Gasteiger partial charge on any atom is -0.504 e. The first-order chi connectivity index (χ1) is 17.9. The van der Waals surface area contributed by atoms with E-state index in [1.54, 1.807) is 30.9 Å². The van der Waals surface area contributed by atoms with E-state index in [1.165, 1.54) is 20.2 Å². The van der Waals surface area contributed by atoms with E-state index in [2.05, 4.69) is 13.2 Å². The van der Waals surface area contributed by atoms with Gasteiger partial charge in [0.05, 0.1) is 17.6 Å². The molecule has 204 valence electrons. The van der Waals surface area contributed by atoms with E-state index in [-0.39, 0.29) is 42.0 Å². The largest absolute Gasteiger partial charge is 0.504 e. The van der Waals surface area contributed by atoms with Crippen molar-refractivity contribution in [2.45, 2.75) is 52.2 Å². The van der Waals surface area contributed by atoms with E-state index < -0.39 is 52.4 Å². The van der Waals surface area contributed by atoms with Gasteiger partial charge in [0.25, 0.3) is 0 Å². The van der Waals surface area contributed by atoms with Crippen LogP contribution >= 0.6 is 0 Å². The highest BCUT2D eigenvalue weighted by atomic mass is 16.6. The Bertz CT molecular complexity index is 1200. The number of aliphatic hydroxyl groups excluding tert-OH is 1. The second-order valence-corrected chi connectivity index (χ2v) is 10.7. The summed E-state index contributed by atoms with van der Waals surface area (Å²) in [6.07, 6.45) is 3.89. The number of allylic oxidation sites excluding steroid dienone is 1. The van der Waals surface area contributed by atoms with E-state index in [0.717, 1.165) is 0 Å². The minimum absolute atomic E-state index is 0.00740. The molecule has 3 unspecified atom stereocenters. The zero-order valence-corrected chi connectivity index (χ0v) is 22.4. The molecule has 1 saturated heterocycles. The zero-order valence-electron chi connectivity index (χ0n) is 22.4. The highest BCUT2D eigenvalue weighted by Crippen LogP contribution is 2.62. The Morgan fingerprint density at radius 1 is 1.21 bits per heavy atom. The Morgan fingerprint density at radius 3 is 2.45 bits per heavy atom. The number of hydrogen-bond donors (Lipinski definition) is 1. The predicted molar refractivity (Wildman–Crippen MR) is 138 cm³/mol. The molecule has 1 aliphatic heterocycles. The van der Waals surface area contributed by atoms with Crippen molar-refractivity contribution in [1.29, 1.82) is 0 Å². The summed E-state index contributed by atoms with van der Waals surface area (Å²) in [5, 5.41) is 11.5. The molecule has 3 aliphatic carbocycles. The van der Waals surface area contributed by atoms with Crippen molar-refractivity contribution in [3.8, 4) is 0 Å². The lowest BCUT2D eigenvalue weighted by Gasteiger charge is -2.53. The van der Waals surface area contributed by atoms with Crippen molar-refractivity contribution in [2.24, 2.45) is 16.7 Å². The summed E-state index contributed by atoms with van der Waals surface area (Å²) < 4.78 is 17.1. The molecule has 1 N–H and O–H groups in total. The normalized spacial score (nSPS) is 33.4. The fraction of sp³-hybridized carbons (Fsp3) is 0.517. The summed E-state index contributed by atoms with van der Waals surface area (Å²) in [5.74, 6) is -2.99. The number of cyclic esters (lactones) is 1. The van der Waals surface area contributed by atoms with E-state index >= 15 is 0 Å². The van der Waals surface area contributed by atoms with Crippen molar-refractivity contribution in [3.05, 3.63) is 59.6 Å². The van der Waals surface area contributed by atoms with Gasteiger partial charge in [0.15, 0.2) is 5.76 Å². The van der Waals surface area contributed by atoms with Gasteiger partial charge in [-0.1, -0.05) is 19.1 Å². The number of esters is 2. The molecule has 4 rings (SSSR count). The second kappa shape index (κ2) is 10.0. The van der Waals surface area contributed by atoms with Crippen molar-refractivity contribution in [1.82, 2.24) is 4.90 Å². The molecule has 0 aromatic heterocycles. The summed E-state index contributed by atoms with van der Waals surface area (Å²) in [6, 6.07) is 0. The highest BCUT2D eigenvalue weighted by molar-refractivity contribution is 6.14. The summed E-state index contributed by atoms with van der Waals surface area (Å²) in [5.41, 5.74) is -1.35. The zero-order chi connectivity index (χ0) is 28.0. The van der Waals surface area contributed by atoms with E-state index in [1.807, 2.05) is 0 Å². The van der Waals surface area contributed by atoms with Crippen LogP contribution in [0.25, 0.3) is 0 Å². The Hall–Kier alpha value is -3.46. The van der Waals surface area contributed by atoms with Crippen molar-refractivity contribution in [3.63, 3.8) is 0 Å². The van der Waals surface area contributed by atoms with E-state index in [9.17, 15) is 24.3 Å². The number of methoxy groups -OCH3 is 1. The third kappa shape index (κ3) is 4.04. The summed E-state index contributed by atoms with van der Waals surface area (Å²) in [6.45, 7) is 13.0. The number of Topliss-reactive ketones (excluding diaryl/α,β-unsaturated/α-hetero) is 2. The number of ether oxygens (including phenoxy) is 3. The SMILES string of the molecule is C=CCN(/C=C1/C(=O)O[C@H](COC)C2(C)C1=C(O)C(=O)C1=C2[C@H](OC(C)=O)CC2(C)C(=O)CCC12)CC=C. The number of nitrogens with zero attached hydrogens (tertiary/aromatic N) is 1. The van der Waals surface area contributed by atoms with E-state index in [0.29, 0.717) is 25.1 Å². The van der Waals surface area contributed by atoms with Crippen molar-refractivity contribution < 1.29 is 38.5 Å². The van der Waals surface area contributed by atoms with Crippen LogP contribution in [0, 0.1) is 16.7 Å². The molecular weight excluding hydrogens is 490 g/mol. The molecule has 0 aromatic carbocycles. The Balaban J connectivity index is 2.02. The third-order valence-corrected chi connectivity index (χ3v) is 8.46. The maximum Gasteiger partial charge on any atom is 0.340 e. The van der Waals surface area contributed by atoms with Gasteiger partial charge in [-0.05, 0) is 18.9 Å². The fourth-order valence-electron chi connectivity index (χ4n) is 6.78. The van der Waals surface area contributed by atoms with Crippen LogP contribution in [0.5, 0.6) is 0 Å². The van der Waals surface area contributed by atoms with Crippen LogP contribution in [0.2, 0.25) is 0 Å². The molecule has 9 heteroatoms. The highest BCUT2D eigenvalue weighted by Gasteiger charge is 2.64. The van der Waals surface area contributed by atoms with Gasteiger partial charge >= 0.3 is 11.9 Å². The van der Waals surface area contributed by atoms with Gasteiger partial charge in [0.1, 0.15) is 18.0 Å². The molecule has 1 heterocycles. The standard InChI is InChI=1S/C29H35NO8/c1-7-11-30(12-8-2)14-17-23-26(34)25(33)22-18-9-10-20(32)28(18,4)13-19(37-16(3)31)24(22)29(23,5)21(15-36-6)38-27(17)35/h7-8,14,18-19,21,34H,1-2,9-13,15H2,3-6H3/b17-14+/t18?,19-,21-,28?,29?/m1/s1. The summed E-state index contributed by atoms with van der Waals surface area (Å²) >= 11 is 0. The van der Waals surface area contributed by atoms with Crippen molar-refractivity contribution >= 4 is 23.5 Å². The van der Waals surface area contributed by atoms with Gasteiger partial charge in [-0.25, -0.2) is 4.79 Å². The third-order valence-electron chi connectivity index (χ3n) is 8.46. The van der Waals surface area contributed by atoms with Crippen LogP contribution in [0.4, 0.5) is 0 Å². The van der Waals surface area contributed by atoms with Crippen LogP contribution < -0.4 is 0 Å². The average Bonchev–Trinajstić information content (AvgIpc) is 3.13. The maximum absolute atomic E-state index is 14.0. The average molecular weight is 526 g/mol. The fourth-order valence-corrected chi connectivity index (χ4v) is 6.78. The number of rotatable bonds is 8. The molecule has 0 spiro atoms. The number of ketones is 2. The van der Waals surface area contributed by atoms with Gasteiger partial charge in [0.2, 0.25) is 5.78 Å². The molecule has 0 bridgehead atoms. The first-order valence-corrected chi connectivity index (χ1v) is 12.8. The topological polar surface area (TPSA) is 119 Å². The molecule has 0 radical (unpaired) electrons. The first kappa shape index (κ1) is 27.6. The van der Waals surface area contributed by atoms with Gasteiger partial charge in [-0.3, -0.25) is 14.4 Å². The van der Waals surface area contributed by atoms with Gasteiger partial charge in [-0.15, -0.1) is 13.2 Å². The Morgan fingerprint density at radius 2 is 1.87 bits per heavy atom. The summed E-state index contributed by atoms with van der Waals surface area (Å²) in [7, 11) is 1.46. The first-order valence-electron chi connectivity index (χ1n) is 12.8. The number of fused-ring (bicyclic) bond motifs is 4. The molecular formula is C29H35NO8. The molecule has 5 atom stereocenters. The van der Waals surface area contributed by atoms with Crippen LogP contribution in [-0.4, -0.2) is 72.5 Å². The number of hydrogen-bond acceptors (Lipinski definition) is 9. The summed E-state index contributed by atoms with van der Waals surface area (Å²) in [4.78, 5) is 54.3. The Kier molecular flexibility index (Phi) is 7.27. The Labute approximate surface area is 222 Å². The predicted octanol–water partition coefficient (Wildman–Crippen LogP) is 3.13. The molecule has 9 nitrogen and oxygen atoms in total. The lowest BCUT2D eigenvalue weighted by atomic mass is 9.53. The molecule has 0 amide bonds. The quantitative estimate of drug-likeness (QED) is 0.290. The van der Waals surface area contributed by atoms with Crippen LogP contribution in [-0.2, 0) is 33.4 Å². The molecule has 4 aliphatic rings. The smallest absolute Gasteiger partial charge is 0.340 e. The lowest BCUT2D eigenvalue weighted by molar-refractivity contribution is -0.160. The van der Waals surface area contributed by atoms with Crippen LogP contribution in [0.1, 0.15) is 40.0 Å². The van der Waals surface area contributed by atoms with Gasteiger partial charge in [-0.2, -0.15) is 0 Å².